The molecule has 0 aliphatic carbocycles. The monoisotopic (exact) mass is 300 g/mol. The molecule has 2 rings (SSSR count). The van der Waals surface area contributed by atoms with Crippen LogP contribution in [0.3, 0.4) is 0 Å². The SMILES string of the molecule is COc1cc(C(C)CCCN)c2nc(C(C)(C)C)ccc2c1. The van der Waals surface area contributed by atoms with Gasteiger partial charge in [-0.15, -0.1) is 0 Å². The third-order valence-corrected chi connectivity index (χ3v) is 4.17. The predicted molar refractivity (Wildman–Crippen MR) is 93.7 cm³/mol. The number of nitrogens with two attached hydrogens (primary N) is 1. The molecule has 2 aromatic rings. The van der Waals surface area contributed by atoms with Gasteiger partial charge in [0.15, 0.2) is 0 Å². The Hall–Kier alpha value is -1.61. The number of rotatable bonds is 5. The summed E-state index contributed by atoms with van der Waals surface area (Å²) < 4.78 is 5.46. The van der Waals surface area contributed by atoms with Gasteiger partial charge in [0.1, 0.15) is 5.75 Å². The number of fused-ring (bicyclic) bond motifs is 1. The number of hydrogen-bond acceptors (Lipinski definition) is 3. The highest BCUT2D eigenvalue weighted by molar-refractivity contribution is 5.84. The molecule has 22 heavy (non-hydrogen) atoms. The van der Waals surface area contributed by atoms with Crippen LogP contribution in [0.4, 0.5) is 0 Å². The van der Waals surface area contributed by atoms with Gasteiger partial charge in [-0.05, 0) is 49.1 Å². The second-order valence-electron chi connectivity index (χ2n) is 7.07. The zero-order valence-corrected chi connectivity index (χ0v) is 14.4. The number of aromatic nitrogens is 1. The van der Waals surface area contributed by atoms with Crippen LogP contribution >= 0.6 is 0 Å². The molecule has 0 fully saturated rings. The van der Waals surface area contributed by atoms with E-state index in [1.54, 1.807) is 7.11 Å². The van der Waals surface area contributed by atoms with Crippen molar-refractivity contribution in [1.82, 2.24) is 4.98 Å². The van der Waals surface area contributed by atoms with Gasteiger partial charge in [0.2, 0.25) is 0 Å². The molecule has 0 aliphatic rings. The molecule has 2 N–H and O–H groups in total. The van der Waals surface area contributed by atoms with Crippen molar-refractivity contribution in [3.63, 3.8) is 0 Å². The van der Waals surface area contributed by atoms with Crippen molar-refractivity contribution >= 4 is 10.9 Å². The number of hydrogen-bond donors (Lipinski definition) is 1. The van der Waals surface area contributed by atoms with E-state index >= 15 is 0 Å². The van der Waals surface area contributed by atoms with Gasteiger partial charge in [-0.25, -0.2) is 0 Å². The van der Waals surface area contributed by atoms with Crippen molar-refractivity contribution in [1.29, 1.82) is 0 Å². The smallest absolute Gasteiger partial charge is 0.119 e. The molecule has 3 heteroatoms. The molecule has 0 aliphatic heterocycles. The zero-order valence-electron chi connectivity index (χ0n) is 14.4. The fourth-order valence-electron chi connectivity index (χ4n) is 2.72. The van der Waals surface area contributed by atoms with Crippen LogP contribution in [0, 0.1) is 0 Å². The molecule has 0 amide bonds. The van der Waals surface area contributed by atoms with Crippen molar-refractivity contribution in [2.24, 2.45) is 5.73 Å². The van der Waals surface area contributed by atoms with E-state index in [0.29, 0.717) is 5.92 Å². The zero-order chi connectivity index (χ0) is 16.3. The van der Waals surface area contributed by atoms with Crippen LogP contribution in [0.15, 0.2) is 24.3 Å². The van der Waals surface area contributed by atoms with E-state index in [2.05, 4.69) is 52.0 Å². The summed E-state index contributed by atoms with van der Waals surface area (Å²) >= 11 is 0. The first kappa shape index (κ1) is 16.8. The minimum absolute atomic E-state index is 0.0475. The molecule has 1 aromatic heterocycles. The average molecular weight is 300 g/mol. The highest BCUT2D eigenvalue weighted by Gasteiger charge is 2.18. The molecule has 0 bridgehead atoms. The maximum absolute atomic E-state index is 5.66. The van der Waals surface area contributed by atoms with Gasteiger partial charge in [-0.2, -0.15) is 0 Å². The molecule has 0 radical (unpaired) electrons. The third-order valence-electron chi connectivity index (χ3n) is 4.17. The van der Waals surface area contributed by atoms with Crippen LogP contribution in [0.1, 0.15) is 57.7 Å². The van der Waals surface area contributed by atoms with E-state index in [1.807, 2.05) is 0 Å². The minimum atomic E-state index is 0.0475. The third kappa shape index (κ3) is 3.58. The van der Waals surface area contributed by atoms with Crippen LogP contribution in [-0.4, -0.2) is 18.6 Å². The summed E-state index contributed by atoms with van der Waals surface area (Å²) in [6.45, 7) is 9.56. The maximum atomic E-state index is 5.66. The number of pyridine rings is 1. The Morgan fingerprint density at radius 2 is 1.95 bits per heavy atom. The molecule has 1 unspecified atom stereocenters. The minimum Gasteiger partial charge on any atom is -0.497 e. The number of methoxy groups -OCH3 is 1. The largest absolute Gasteiger partial charge is 0.497 e. The number of nitrogens with zero attached hydrogens (tertiary/aromatic N) is 1. The molecule has 1 heterocycles. The van der Waals surface area contributed by atoms with Crippen LogP contribution in [0.2, 0.25) is 0 Å². The molecular weight excluding hydrogens is 272 g/mol. The second-order valence-corrected chi connectivity index (χ2v) is 7.07. The van der Waals surface area contributed by atoms with Crippen molar-refractivity contribution in [2.45, 2.75) is 51.9 Å². The van der Waals surface area contributed by atoms with Gasteiger partial charge in [0.25, 0.3) is 0 Å². The van der Waals surface area contributed by atoms with E-state index in [-0.39, 0.29) is 5.41 Å². The lowest BCUT2D eigenvalue weighted by Gasteiger charge is -2.21. The quantitative estimate of drug-likeness (QED) is 0.891. The van der Waals surface area contributed by atoms with E-state index in [4.69, 9.17) is 15.5 Å². The highest BCUT2D eigenvalue weighted by atomic mass is 16.5. The van der Waals surface area contributed by atoms with E-state index in [0.717, 1.165) is 41.7 Å². The van der Waals surface area contributed by atoms with Gasteiger partial charge >= 0.3 is 0 Å². The molecule has 0 saturated heterocycles. The van der Waals surface area contributed by atoms with E-state index < -0.39 is 0 Å². The second kappa shape index (κ2) is 6.66. The Morgan fingerprint density at radius 1 is 1.23 bits per heavy atom. The molecular formula is C19H28N2O. The molecule has 1 atom stereocenters. The highest BCUT2D eigenvalue weighted by Crippen LogP contribution is 2.33. The lowest BCUT2D eigenvalue weighted by Crippen LogP contribution is -2.13. The topological polar surface area (TPSA) is 48.1 Å². The van der Waals surface area contributed by atoms with E-state index in [1.165, 1.54) is 5.56 Å². The fourth-order valence-corrected chi connectivity index (χ4v) is 2.72. The fraction of sp³-hybridized carbons (Fsp3) is 0.526. The summed E-state index contributed by atoms with van der Waals surface area (Å²) in [5.74, 6) is 1.32. The Bertz CT molecular complexity index is 644. The summed E-state index contributed by atoms with van der Waals surface area (Å²) in [4.78, 5) is 4.96. The summed E-state index contributed by atoms with van der Waals surface area (Å²) in [6.07, 6.45) is 2.10. The summed E-state index contributed by atoms with van der Waals surface area (Å²) in [5, 5.41) is 1.14. The number of benzene rings is 1. The number of ether oxygens (including phenoxy) is 1. The molecule has 3 nitrogen and oxygen atoms in total. The molecule has 120 valence electrons. The maximum Gasteiger partial charge on any atom is 0.119 e. The average Bonchev–Trinajstić information content (AvgIpc) is 2.49. The normalized spacial score (nSPS) is 13.4. The first-order chi connectivity index (χ1) is 10.4. The van der Waals surface area contributed by atoms with Gasteiger partial charge in [0, 0.05) is 16.5 Å². The summed E-state index contributed by atoms with van der Waals surface area (Å²) in [6, 6.07) is 8.47. The molecule has 0 spiro atoms. The first-order valence-electron chi connectivity index (χ1n) is 8.06. The molecule has 0 saturated carbocycles. The Morgan fingerprint density at radius 3 is 2.55 bits per heavy atom. The van der Waals surface area contributed by atoms with Crippen LogP contribution in [-0.2, 0) is 5.41 Å². The Balaban J connectivity index is 2.58. The lowest BCUT2D eigenvalue weighted by atomic mass is 9.89. The molecule has 1 aromatic carbocycles. The Labute approximate surface area is 133 Å². The Kier molecular flexibility index (Phi) is 5.07. The summed E-state index contributed by atoms with van der Waals surface area (Å²) in [5.41, 5.74) is 9.19. The lowest BCUT2D eigenvalue weighted by molar-refractivity contribution is 0.414. The van der Waals surface area contributed by atoms with Gasteiger partial charge in [-0.1, -0.05) is 33.8 Å². The predicted octanol–water partition coefficient (Wildman–Crippen LogP) is 4.38. The van der Waals surface area contributed by atoms with Gasteiger partial charge in [-0.3, -0.25) is 4.98 Å². The standard InChI is InChI=1S/C19H28N2O/c1-13(7-6-10-20)16-12-15(22-5)11-14-8-9-17(19(2,3)4)21-18(14)16/h8-9,11-13H,6-7,10,20H2,1-5H3. The van der Waals surface area contributed by atoms with Crippen molar-refractivity contribution in [3.05, 3.63) is 35.5 Å². The van der Waals surface area contributed by atoms with Crippen LogP contribution in [0.5, 0.6) is 5.75 Å². The van der Waals surface area contributed by atoms with Crippen LogP contribution < -0.4 is 10.5 Å². The van der Waals surface area contributed by atoms with Gasteiger partial charge in [0.05, 0.1) is 12.6 Å². The van der Waals surface area contributed by atoms with Crippen molar-refractivity contribution < 1.29 is 4.74 Å². The summed E-state index contributed by atoms with van der Waals surface area (Å²) in [7, 11) is 1.71. The van der Waals surface area contributed by atoms with Crippen LogP contribution in [0.25, 0.3) is 10.9 Å². The van der Waals surface area contributed by atoms with Crippen molar-refractivity contribution in [2.75, 3.05) is 13.7 Å². The first-order valence-corrected chi connectivity index (χ1v) is 8.06. The van der Waals surface area contributed by atoms with Crippen molar-refractivity contribution in [3.8, 4) is 5.75 Å². The van der Waals surface area contributed by atoms with Gasteiger partial charge < -0.3 is 10.5 Å². The van der Waals surface area contributed by atoms with E-state index in [9.17, 15) is 0 Å².